The maximum atomic E-state index is 12.4. The highest BCUT2D eigenvalue weighted by molar-refractivity contribution is 7.92. The van der Waals surface area contributed by atoms with Gasteiger partial charge in [-0.2, -0.15) is 0 Å². The monoisotopic (exact) mass is 404 g/mol. The van der Waals surface area contributed by atoms with Crippen molar-refractivity contribution in [1.82, 2.24) is 0 Å². The molecule has 0 aromatic heterocycles. The van der Waals surface area contributed by atoms with Crippen molar-refractivity contribution in [2.24, 2.45) is 0 Å². The molecule has 150 valence electrons. The van der Waals surface area contributed by atoms with Gasteiger partial charge in [0.15, 0.2) is 0 Å². The lowest BCUT2D eigenvalue weighted by Crippen LogP contribution is -2.23. The fourth-order valence-electron chi connectivity index (χ4n) is 2.49. The van der Waals surface area contributed by atoms with Gasteiger partial charge in [0.25, 0.3) is 11.7 Å². The molecule has 0 unspecified atom stereocenters. The minimum Gasteiger partial charge on any atom is -0.494 e. The zero-order valence-corrected chi connectivity index (χ0v) is 17.3. The van der Waals surface area contributed by atoms with Crippen LogP contribution in [0.3, 0.4) is 0 Å². The number of amides is 1. The first kappa shape index (κ1) is 21.4. The maximum absolute atomic E-state index is 12.4. The molecule has 2 N–H and O–H groups in total. The van der Waals surface area contributed by atoms with Gasteiger partial charge >= 0.3 is 0 Å². The van der Waals surface area contributed by atoms with Crippen LogP contribution in [0.4, 0.5) is 11.4 Å². The quantitative estimate of drug-likeness (QED) is 0.569. The van der Waals surface area contributed by atoms with Gasteiger partial charge in [-0.25, -0.2) is 8.42 Å². The van der Waals surface area contributed by atoms with Crippen LogP contribution in [0.5, 0.6) is 5.75 Å². The Hall–Kier alpha value is -2.87. The average Bonchev–Trinajstić information content (AvgIpc) is 2.60. The SMILES string of the molecule is COc1cc(NC(=O)C(=O)c2ccc(C(C)(C)C)cc2)ccc1NS(C)(=O)=O. The van der Waals surface area contributed by atoms with E-state index in [0.29, 0.717) is 5.69 Å². The Morgan fingerprint density at radius 1 is 1.00 bits per heavy atom. The number of nitrogens with one attached hydrogen (secondary N) is 2. The maximum Gasteiger partial charge on any atom is 0.296 e. The number of rotatable bonds is 6. The van der Waals surface area contributed by atoms with Crippen molar-refractivity contribution in [3.8, 4) is 5.75 Å². The minimum absolute atomic E-state index is 0.0534. The number of Topliss-reactive ketones (excluding diaryl/α,β-unsaturated/α-hetero) is 1. The third-order valence-corrected chi connectivity index (χ3v) is 4.56. The van der Waals surface area contributed by atoms with Gasteiger partial charge < -0.3 is 10.1 Å². The van der Waals surface area contributed by atoms with Crippen LogP contribution in [-0.2, 0) is 20.2 Å². The second-order valence-corrected chi connectivity index (χ2v) is 9.15. The lowest BCUT2D eigenvalue weighted by atomic mass is 9.86. The highest BCUT2D eigenvalue weighted by Gasteiger charge is 2.19. The number of methoxy groups -OCH3 is 1. The van der Waals surface area contributed by atoms with Crippen molar-refractivity contribution in [3.63, 3.8) is 0 Å². The van der Waals surface area contributed by atoms with Crippen LogP contribution in [0, 0.1) is 0 Å². The predicted molar refractivity (Wildman–Crippen MR) is 110 cm³/mol. The van der Waals surface area contributed by atoms with Gasteiger partial charge in [-0.1, -0.05) is 45.0 Å². The summed E-state index contributed by atoms with van der Waals surface area (Å²) in [7, 11) is -2.11. The topological polar surface area (TPSA) is 102 Å². The van der Waals surface area contributed by atoms with Crippen LogP contribution in [0.25, 0.3) is 0 Å². The molecule has 0 atom stereocenters. The molecular weight excluding hydrogens is 380 g/mol. The molecule has 0 heterocycles. The van der Waals surface area contributed by atoms with Crippen LogP contribution in [0.15, 0.2) is 42.5 Å². The molecule has 2 aromatic rings. The van der Waals surface area contributed by atoms with Gasteiger partial charge in [0, 0.05) is 17.3 Å². The van der Waals surface area contributed by atoms with E-state index < -0.39 is 21.7 Å². The number of ketones is 1. The number of benzene rings is 2. The fraction of sp³-hybridized carbons (Fsp3) is 0.300. The number of carbonyl (C=O) groups excluding carboxylic acids is 2. The van der Waals surface area contributed by atoms with E-state index in [1.165, 1.54) is 25.3 Å². The fourth-order valence-corrected chi connectivity index (χ4v) is 3.06. The molecule has 0 saturated heterocycles. The molecule has 0 fully saturated rings. The van der Waals surface area contributed by atoms with Crippen LogP contribution >= 0.6 is 0 Å². The zero-order chi connectivity index (χ0) is 21.1. The summed E-state index contributed by atoms with van der Waals surface area (Å²) in [5.41, 5.74) is 1.82. The Balaban J connectivity index is 2.16. The molecule has 1 amide bonds. The average molecular weight is 404 g/mol. The summed E-state index contributed by atoms with van der Waals surface area (Å²) >= 11 is 0. The summed E-state index contributed by atoms with van der Waals surface area (Å²) in [6.45, 7) is 6.19. The van der Waals surface area contributed by atoms with Crippen LogP contribution < -0.4 is 14.8 Å². The molecule has 0 spiro atoms. The summed E-state index contributed by atoms with van der Waals surface area (Å²) < 4.78 is 30.2. The van der Waals surface area contributed by atoms with Crippen molar-refractivity contribution in [2.45, 2.75) is 26.2 Å². The van der Waals surface area contributed by atoms with Gasteiger partial charge in [-0.05, 0) is 23.1 Å². The third-order valence-electron chi connectivity index (χ3n) is 3.97. The van der Waals surface area contributed by atoms with E-state index in [9.17, 15) is 18.0 Å². The first-order chi connectivity index (χ1) is 12.9. The minimum atomic E-state index is -3.48. The van der Waals surface area contributed by atoms with Crippen molar-refractivity contribution < 1.29 is 22.7 Å². The number of carbonyl (C=O) groups is 2. The third kappa shape index (κ3) is 5.56. The highest BCUT2D eigenvalue weighted by Crippen LogP contribution is 2.29. The molecule has 0 bridgehead atoms. The van der Waals surface area contributed by atoms with Gasteiger partial charge in [-0.3, -0.25) is 14.3 Å². The molecule has 2 aromatic carbocycles. The molecule has 0 aliphatic heterocycles. The highest BCUT2D eigenvalue weighted by atomic mass is 32.2. The Labute approximate surface area is 165 Å². The van der Waals surface area contributed by atoms with Crippen molar-refractivity contribution in [1.29, 1.82) is 0 Å². The van der Waals surface area contributed by atoms with Crippen molar-refractivity contribution in [2.75, 3.05) is 23.4 Å². The van der Waals surface area contributed by atoms with Gasteiger partial charge in [0.05, 0.1) is 19.1 Å². The number of sulfonamides is 1. The Kier molecular flexibility index (Phi) is 6.14. The molecular formula is C20H24N2O5S. The molecule has 28 heavy (non-hydrogen) atoms. The smallest absolute Gasteiger partial charge is 0.296 e. The molecule has 0 radical (unpaired) electrons. The number of hydrogen-bond donors (Lipinski definition) is 2. The second-order valence-electron chi connectivity index (χ2n) is 7.40. The number of hydrogen-bond acceptors (Lipinski definition) is 5. The zero-order valence-electron chi connectivity index (χ0n) is 16.5. The van der Waals surface area contributed by atoms with E-state index in [1.807, 2.05) is 12.1 Å². The van der Waals surface area contributed by atoms with Gasteiger partial charge in [-0.15, -0.1) is 0 Å². The summed E-state index contributed by atoms with van der Waals surface area (Å²) in [4.78, 5) is 24.7. The van der Waals surface area contributed by atoms with Crippen LogP contribution in [0.2, 0.25) is 0 Å². The molecule has 7 nitrogen and oxygen atoms in total. The van der Waals surface area contributed by atoms with E-state index in [0.717, 1.165) is 11.8 Å². The van der Waals surface area contributed by atoms with Crippen LogP contribution in [-0.4, -0.2) is 33.5 Å². The van der Waals surface area contributed by atoms with Crippen molar-refractivity contribution in [3.05, 3.63) is 53.6 Å². The normalized spacial score (nSPS) is 11.6. The van der Waals surface area contributed by atoms with E-state index >= 15 is 0 Å². The lowest BCUT2D eigenvalue weighted by molar-refractivity contribution is -0.112. The van der Waals surface area contributed by atoms with E-state index in [1.54, 1.807) is 12.1 Å². The molecule has 0 aliphatic carbocycles. The summed E-state index contributed by atoms with van der Waals surface area (Å²) in [5.74, 6) is -1.25. The Morgan fingerprint density at radius 3 is 2.11 bits per heavy atom. The Morgan fingerprint density at radius 2 is 1.61 bits per heavy atom. The van der Waals surface area contributed by atoms with Gasteiger partial charge in [0.1, 0.15) is 5.75 Å². The molecule has 2 rings (SSSR count). The largest absolute Gasteiger partial charge is 0.494 e. The lowest BCUT2D eigenvalue weighted by Gasteiger charge is -2.18. The van der Waals surface area contributed by atoms with Crippen LogP contribution in [0.1, 0.15) is 36.7 Å². The van der Waals surface area contributed by atoms with E-state index in [-0.39, 0.29) is 22.4 Å². The molecule has 0 aliphatic rings. The molecule has 8 heteroatoms. The standard InChI is InChI=1S/C20H24N2O5S/c1-20(2,3)14-8-6-13(7-9-14)18(23)19(24)21-15-10-11-16(17(12-15)27-4)22-28(5,25)26/h6-12,22H,1-5H3,(H,21,24). The summed E-state index contributed by atoms with van der Waals surface area (Å²) in [5, 5.41) is 2.50. The first-order valence-electron chi connectivity index (χ1n) is 8.53. The summed E-state index contributed by atoms with van der Waals surface area (Å²) in [6, 6.07) is 11.3. The summed E-state index contributed by atoms with van der Waals surface area (Å²) in [6.07, 6.45) is 1.02. The number of anilines is 2. The van der Waals surface area contributed by atoms with Crippen molar-refractivity contribution >= 4 is 33.1 Å². The Bertz CT molecular complexity index is 990. The van der Waals surface area contributed by atoms with Gasteiger partial charge in [0.2, 0.25) is 10.0 Å². The van der Waals surface area contributed by atoms with E-state index in [2.05, 4.69) is 30.8 Å². The second kappa shape index (κ2) is 8.02. The number of ether oxygens (including phenoxy) is 1. The van der Waals surface area contributed by atoms with E-state index in [4.69, 9.17) is 4.74 Å². The molecule has 0 saturated carbocycles. The first-order valence-corrected chi connectivity index (χ1v) is 10.4. The predicted octanol–water partition coefficient (Wildman–Crippen LogP) is 3.19.